The van der Waals surface area contributed by atoms with Gasteiger partial charge in [0.25, 0.3) is 0 Å². The van der Waals surface area contributed by atoms with E-state index in [0.717, 1.165) is 11.1 Å². The molecule has 0 aliphatic heterocycles. The fourth-order valence-corrected chi connectivity index (χ4v) is 1.59. The highest BCUT2D eigenvalue weighted by Crippen LogP contribution is 2.19. The number of rotatable bonds is 4. The molecule has 0 spiro atoms. The molecular formula is C13H19NO2. The first-order valence-corrected chi connectivity index (χ1v) is 5.49. The minimum absolute atomic E-state index is 0.391. The normalized spacial score (nSPS) is 12.8. The van der Waals surface area contributed by atoms with Crippen molar-refractivity contribution in [2.75, 3.05) is 0 Å². The predicted octanol–water partition coefficient (Wildman–Crippen LogP) is 2.07. The second-order valence-electron chi connectivity index (χ2n) is 4.49. The van der Waals surface area contributed by atoms with Crippen molar-refractivity contribution in [1.82, 2.24) is 0 Å². The first-order valence-electron chi connectivity index (χ1n) is 5.49. The Hall–Kier alpha value is -1.35. The molecule has 1 rings (SSSR count). The molecule has 1 atom stereocenters. The van der Waals surface area contributed by atoms with Gasteiger partial charge < -0.3 is 10.8 Å². The van der Waals surface area contributed by atoms with E-state index in [0.29, 0.717) is 12.3 Å². The van der Waals surface area contributed by atoms with Crippen molar-refractivity contribution < 1.29 is 9.90 Å². The van der Waals surface area contributed by atoms with Gasteiger partial charge in [0.15, 0.2) is 0 Å². The fourth-order valence-electron chi connectivity index (χ4n) is 1.59. The van der Waals surface area contributed by atoms with Gasteiger partial charge in [-0.1, -0.05) is 32.0 Å². The Morgan fingerprint density at radius 1 is 1.44 bits per heavy atom. The van der Waals surface area contributed by atoms with Crippen LogP contribution in [0.1, 0.15) is 36.5 Å². The topological polar surface area (TPSA) is 63.3 Å². The maximum absolute atomic E-state index is 10.7. The first kappa shape index (κ1) is 12.7. The van der Waals surface area contributed by atoms with Crippen LogP contribution in [0.3, 0.4) is 0 Å². The van der Waals surface area contributed by atoms with Crippen molar-refractivity contribution in [2.24, 2.45) is 5.73 Å². The molecule has 0 radical (unpaired) electrons. The van der Waals surface area contributed by atoms with Crippen LogP contribution in [-0.2, 0) is 11.2 Å². The molecule has 1 unspecified atom stereocenters. The van der Waals surface area contributed by atoms with E-state index in [1.54, 1.807) is 0 Å². The molecule has 0 bridgehead atoms. The quantitative estimate of drug-likeness (QED) is 0.818. The second-order valence-corrected chi connectivity index (χ2v) is 4.49. The van der Waals surface area contributed by atoms with Crippen molar-refractivity contribution >= 4 is 5.97 Å². The zero-order chi connectivity index (χ0) is 12.3. The number of carboxylic acids is 1. The molecule has 3 heteroatoms. The molecule has 3 N–H and O–H groups in total. The summed E-state index contributed by atoms with van der Waals surface area (Å²) in [4.78, 5) is 10.7. The van der Waals surface area contributed by atoms with Crippen molar-refractivity contribution in [1.29, 1.82) is 0 Å². The average Bonchev–Trinajstić information content (AvgIpc) is 2.20. The summed E-state index contributed by atoms with van der Waals surface area (Å²) in [5.74, 6) is -0.505. The molecule has 0 fully saturated rings. The molecule has 0 aliphatic carbocycles. The molecule has 1 aromatic rings. The van der Waals surface area contributed by atoms with Crippen LogP contribution in [-0.4, -0.2) is 17.1 Å². The Morgan fingerprint density at radius 2 is 2.06 bits per heavy atom. The maximum atomic E-state index is 10.7. The average molecular weight is 221 g/mol. The van der Waals surface area contributed by atoms with Crippen LogP contribution in [0.4, 0.5) is 0 Å². The Labute approximate surface area is 96.3 Å². The molecule has 88 valence electrons. The SMILES string of the molecule is Cc1ccc(C(C)C)cc1CC(N)C(=O)O. The van der Waals surface area contributed by atoms with Crippen LogP contribution < -0.4 is 5.73 Å². The van der Waals surface area contributed by atoms with Crippen molar-refractivity contribution in [3.8, 4) is 0 Å². The van der Waals surface area contributed by atoms with Crippen LogP contribution >= 0.6 is 0 Å². The van der Waals surface area contributed by atoms with Gasteiger partial charge in [-0.05, 0) is 36.0 Å². The third-order valence-corrected chi connectivity index (χ3v) is 2.80. The van der Waals surface area contributed by atoms with Gasteiger partial charge in [-0.2, -0.15) is 0 Å². The van der Waals surface area contributed by atoms with Crippen molar-refractivity contribution in [2.45, 2.75) is 39.2 Å². The van der Waals surface area contributed by atoms with Gasteiger partial charge in [-0.15, -0.1) is 0 Å². The van der Waals surface area contributed by atoms with E-state index >= 15 is 0 Å². The summed E-state index contributed by atoms with van der Waals surface area (Å²) in [6.07, 6.45) is 0.391. The minimum atomic E-state index is -0.950. The Bertz CT molecular complexity index is 386. The number of carboxylic acid groups (broad SMARTS) is 1. The molecule has 0 saturated heterocycles. The highest BCUT2D eigenvalue weighted by molar-refractivity contribution is 5.73. The van der Waals surface area contributed by atoms with Gasteiger partial charge in [0.2, 0.25) is 0 Å². The van der Waals surface area contributed by atoms with Gasteiger partial charge in [-0.25, -0.2) is 0 Å². The minimum Gasteiger partial charge on any atom is -0.480 e. The van der Waals surface area contributed by atoms with E-state index in [4.69, 9.17) is 10.8 Å². The number of aliphatic carboxylic acids is 1. The lowest BCUT2D eigenvalue weighted by Crippen LogP contribution is -2.32. The highest BCUT2D eigenvalue weighted by Gasteiger charge is 2.14. The van der Waals surface area contributed by atoms with Gasteiger partial charge in [0.05, 0.1) is 0 Å². The lowest BCUT2D eigenvalue weighted by atomic mass is 9.94. The molecule has 0 aliphatic rings. The first-order chi connectivity index (χ1) is 7.41. The number of aryl methyl sites for hydroxylation is 1. The van der Waals surface area contributed by atoms with Crippen molar-refractivity contribution in [3.63, 3.8) is 0 Å². The lowest BCUT2D eigenvalue weighted by Gasteiger charge is -2.13. The molecule has 0 amide bonds. The van der Waals surface area contributed by atoms with Crippen LogP contribution in [0.2, 0.25) is 0 Å². The molecule has 0 aromatic heterocycles. The second kappa shape index (κ2) is 5.12. The molecule has 0 heterocycles. The molecule has 0 saturated carbocycles. The summed E-state index contributed by atoms with van der Waals surface area (Å²) in [5, 5.41) is 8.79. The summed E-state index contributed by atoms with van der Waals surface area (Å²) < 4.78 is 0. The van der Waals surface area contributed by atoms with Gasteiger partial charge in [-0.3, -0.25) is 4.79 Å². The number of hydrogen-bond donors (Lipinski definition) is 2. The van der Waals surface area contributed by atoms with Crippen LogP contribution in [0, 0.1) is 6.92 Å². The van der Waals surface area contributed by atoms with E-state index in [-0.39, 0.29) is 0 Å². The van der Waals surface area contributed by atoms with E-state index in [9.17, 15) is 4.79 Å². The van der Waals surface area contributed by atoms with E-state index < -0.39 is 12.0 Å². The largest absolute Gasteiger partial charge is 0.480 e. The van der Waals surface area contributed by atoms with Crippen LogP contribution in [0.25, 0.3) is 0 Å². The van der Waals surface area contributed by atoms with E-state index in [2.05, 4.69) is 26.0 Å². The van der Waals surface area contributed by atoms with Crippen LogP contribution in [0.5, 0.6) is 0 Å². The summed E-state index contributed by atoms with van der Waals surface area (Å²) >= 11 is 0. The lowest BCUT2D eigenvalue weighted by molar-refractivity contribution is -0.138. The number of carbonyl (C=O) groups is 1. The van der Waals surface area contributed by atoms with E-state index in [1.807, 2.05) is 13.0 Å². The highest BCUT2D eigenvalue weighted by atomic mass is 16.4. The third kappa shape index (κ3) is 3.07. The predicted molar refractivity (Wildman–Crippen MR) is 64.6 cm³/mol. The zero-order valence-electron chi connectivity index (χ0n) is 10.0. The Balaban J connectivity index is 2.94. The molecule has 16 heavy (non-hydrogen) atoms. The monoisotopic (exact) mass is 221 g/mol. The maximum Gasteiger partial charge on any atom is 0.320 e. The molecule has 3 nitrogen and oxygen atoms in total. The van der Waals surface area contributed by atoms with E-state index in [1.165, 1.54) is 5.56 Å². The number of hydrogen-bond acceptors (Lipinski definition) is 2. The van der Waals surface area contributed by atoms with Crippen molar-refractivity contribution in [3.05, 3.63) is 34.9 Å². The number of benzene rings is 1. The van der Waals surface area contributed by atoms with Gasteiger partial charge >= 0.3 is 5.97 Å². The summed E-state index contributed by atoms with van der Waals surface area (Å²) in [5.41, 5.74) is 8.89. The summed E-state index contributed by atoms with van der Waals surface area (Å²) in [6, 6.07) is 5.35. The smallest absolute Gasteiger partial charge is 0.320 e. The molecule has 1 aromatic carbocycles. The van der Waals surface area contributed by atoms with Gasteiger partial charge in [0.1, 0.15) is 6.04 Å². The number of nitrogens with two attached hydrogens (primary N) is 1. The van der Waals surface area contributed by atoms with Crippen LogP contribution in [0.15, 0.2) is 18.2 Å². The Morgan fingerprint density at radius 3 is 2.56 bits per heavy atom. The molecular weight excluding hydrogens is 202 g/mol. The summed E-state index contributed by atoms with van der Waals surface area (Å²) in [7, 11) is 0. The van der Waals surface area contributed by atoms with Gasteiger partial charge in [0, 0.05) is 0 Å². The third-order valence-electron chi connectivity index (χ3n) is 2.80. The Kier molecular flexibility index (Phi) is 4.07. The fraction of sp³-hybridized carbons (Fsp3) is 0.462. The summed E-state index contributed by atoms with van der Waals surface area (Å²) in [6.45, 7) is 6.21. The zero-order valence-corrected chi connectivity index (χ0v) is 10.0. The standard InChI is InChI=1S/C13H19NO2/c1-8(2)10-5-4-9(3)11(6-10)7-12(14)13(15)16/h4-6,8,12H,7,14H2,1-3H3,(H,15,16).